The number of aryl methyl sites for hydroxylation is 1. The van der Waals surface area contributed by atoms with Gasteiger partial charge in [0.2, 0.25) is 6.16 Å². The van der Waals surface area contributed by atoms with E-state index in [0.717, 1.165) is 6.07 Å². The van der Waals surface area contributed by atoms with E-state index in [1.165, 1.54) is 6.07 Å². The number of aromatic nitrogens is 1. The first-order valence-electron chi connectivity index (χ1n) is 4.91. The summed E-state index contributed by atoms with van der Waals surface area (Å²) in [5.74, 6) is -1.21. The van der Waals surface area contributed by atoms with Gasteiger partial charge in [0.15, 0.2) is 0 Å². The Morgan fingerprint density at radius 2 is 1.95 bits per heavy atom. The van der Waals surface area contributed by atoms with Crippen molar-refractivity contribution in [1.82, 2.24) is 4.98 Å². The summed E-state index contributed by atoms with van der Waals surface area (Å²) in [5.41, 5.74) is 6.41. The van der Waals surface area contributed by atoms with Gasteiger partial charge in [-0.05, 0) is 19.1 Å². The second-order valence-corrected chi connectivity index (χ2v) is 3.95. The summed E-state index contributed by atoms with van der Waals surface area (Å²) in [7, 11) is 0. The van der Waals surface area contributed by atoms with Crippen LogP contribution in [0.15, 0.2) is 12.1 Å². The Kier molecular flexibility index (Phi) is 7.01. The Hall–Kier alpha value is -1.28. The number of nitrogens with two attached hydrogens (primary N) is 1. The number of carbonyl (C=O) groups is 2. The molecule has 1 amide bonds. The van der Waals surface area contributed by atoms with Crippen LogP contribution in [0.2, 0.25) is 5.02 Å². The molecule has 0 bridgehead atoms. The summed E-state index contributed by atoms with van der Waals surface area (Å²) in [6.45, 7) is 1.74. The van der Waals surface area contributed by atoms with E-state index in [9.17, 15) is 9.18 Å². The molecule has 1 aromatic heterocycles. The normalized spacial score (nSPS) is 9.35. The Morgan fingerprint density at radius 3 is 2.40 bits per heavy atom. The molecule has 4 N–H and O–H groups in total. The minimum Gasteiger partial charge on any atom is -0.565 e. The maximum Gasteiger partial charge on any atom is 1.00 e. The van der Waals surface area contributed by atoms with Crippen molar-refractivity contribution in [2.45, 2.75) is 6.92 Å². The molecule has 0 saturated carbocycles. The van der Waals surface area contributed by atoms with Gasteiger partial charge in [-0.3, -0.25) is 4.79 Å². The number of rotatable bonds is 1. The zero-order valence-corrected chi connectivity index (χ0v) is 13.4. The molecule has 2 rings (SSSR count). The molecule has 6 nitrogen and oxygen atoms in total. The third-order valence-electron chi connectivity index (χ3n) is 2.25. The Balaban J connectivity index is 0.000000644. The Morgan fingerprint density at radius 1 is 1.45 bits per heavy atom. The van der Waals surface area contributed by atoms with Gasteiger partial charge in [-0.25, -0.2) is 4.39 Å². The average Bonchev–Trinajstić information content (AvgIpc) is 2.54. The van der Waals surface area contributed by atoms with E-state index in [0.29, 0.717) is 21.6 Å². The third-order valence-corrected chi connectivity index (χ3v) is 2.73. The zero-order valence-electron chi connectivity index (χ0n) is 10.7. The number of aromatic amines is 1. The number of halogens is 2. The van der Waals surface area contributed by atoms with Gasteiger partial charge in [-0.15, -0.1) is 0 Å². The predicted octanol–water partition coefficient (Wildman–Crippen LogP) is -1.74. The summed E-state index contributed by atoms with van der Waals surface area (Å²) in [4.78, 5) is 22.4. The molecule has 0 fully saturated rings. The summed E-state index contributed by atoms with van der Waals surface area (Å²) in [6.07, 6.45) is -2.08. The van der Waals surface area contributed by atoms with Gasteiger partial charge >= 0.3 is 29.6 Å². The number of benzene rings is 1. The molecule has 1 aromatic carbocycles. The van der Waals surface area contributed by atoms with Crippen LogP contribution in [-0.4, -0.2) is 22.2 Å². The molecule has 0 spiro atoms. The molecule has 102 valence electrons. The van der Waals surface area contributed by atoms with Crippen molar-refractivity contribution in [1.29, 1.82) is 0 Å². The molecular formula is C11H9ClFN2NaO4. The molecule has 0 radical (unpaired) electrons. The Labute approximate surface area is 140 Å². The maximum atomic E-state index is 13.2. The Bertz CT molecular complexity index is 655. The fourth-order valence-corrected chi connectivity index (χ4v) is 1.75. The fourth-order valence-electron chi connectivity index (χ4n) is 1.55. The topological polar surface area (TPSA) is 119 Å². The van der Waals surface area contributed by atoms with E-state index in [-0.39, 0.29) is 35.1 Å². The average molecular weight is 311 g/mol. The first-order valence-corrected chi connectivity index (χ1v) is 5.29. The van der Waals surface area contributed by atoms with E-state index in [2.05, 4.69) is 4.98 Å². The molecule has 0 unspecified atom stereocenters. The van der Waals surface area contributed by atoms with Gasteiger partial charge in [0.05, 0.1) is 16.1 Å². The van der Waals surface area contributed by atoms with Crippen molar-refractivity contribution in [3.05, 3.63) is 34.2 Å². The monoisotopic (exact) mass is 310 g/mol. The van der Waals surface area contributed by atoms with Crippen LogP contribution in [0.3, 0.4) is 0 Å². The molecule has 0 aliphatic heterocycles. The molecule has 0 aliphatic carbocycles. The summed E-state index contributed by atoms with van der Waals surface area (Å²) in [5, 5.41) is 16.2. The predicted molar refractivity (Wildman–Crippen MR) is 64.5 cm³/mol. The van der Waals surface area contributed by atoms with Gasteiger partial charge in [-0.1, -0.05) is 11.6 Å². The van der Waals surface area contributed by atoms with Crippen LogP contribution in [0.25, 0.3) is 10.9 Å². The zero-order chi connectivity index (χ0) is 14.7. The van der Waals surface area contributed by atoms with Gasteiger partial charge < -0.3 is 25.7 Å². The van der Waals surface area contributed by atoms with Crippen molar-refractivity contribution >= 4 is 34.6 Å². The smallest absolute Gasteiger partial charge is 0.565 e. The van der Waals surface area contributed by atoms with Crippen molar-refractivity contribution < 1.29 is 53.7 Å². The molecule has 0 saturated heterocycles. The first kappa shape index (κ1) is 18.7. The van der Waals surface area contributed by atoms with E-state index in [1.807, 2.05) is 0 Å². The number of hydrogen-bond donors (Lipinski definition) is 3. The molecule has 1 heterocycles. The van der Waals surface area contributed by atoms with Crippen LogP contribution in [0, 0.1) is 12.7 Å². The molecule has 9 heteroatoms. The van der Waals surface area contributed by atoms with Crippen LogP contribution < -0.4 is 40.4 Å². The molecule has 20 heavy (non-hydrogen) atoms. The van der Waals surface area contributed by atoms with Gasteiger partial charge in [-0.2, -0.15) is 0 Å². The number of hydrogen-bond acceptors (Lipinski definition) is 3. The quantitative estimate of drug-likeness (QED) is 0.542. The third kappa shape index (κ3) is 4.38. The number of H-pyrrole nitrogens is 1. The second-order valence-electron chi connectivity index (χ2n) is 3.57. The SMILES string of the molecule is Cc1[nH]c2c(C(N)=O)cc(F)cc2c1Cl.O=C([O-])O.[Na+]. The minimum absolute atomic E-state index is 0. The van der Waals surface area contributed by atoms with Crippen molar-refractivity contribution in [2.75, 3.05) is 0 Å². The molecular weight excluding hydrogens is 302 g/mol. The van der Waals surface area contributed by atoms with E-state index < -0.39 is 17.9 Å². The number of primary amides is 1. The van der Waals surface area contributed by atoms with E-state index in [4.69, 9.17) is 32.3 Å². The number of carbonyl (C=O) groups excluding carboxylic acids is 1. The largest absolute Gasteiger partial charge is 1.00 e. The number of amides is 1. The van der Waals surface area contributed by atoms with Crippen LogP contribution in [-0.2, 0) is 0 Å². The summed E-state index contributed by atoms with van der Waals surface area (Å²) < 4.78 is 13.2. The summed E-state index contributed by atoms with van der Waals surface area (Å²) >= 11 is 5.94. The minimum atomic E-state index is -2.08. The second kappa shape index (κ2) is 7.49. The van der Waals surface area contributed by atoms with Crippen LogP contribution in [0.1, 0.15) is 16.1 Å². The first-order chi connectivity index (χ1) is 8.73. The van der Waals surface area contributed by atoms with Crippen molar-refractivity contribution in [3.63, 3.8) is 0 Å². The molecule has 0 atom stereocenters. The fraction of sp³-hybridized carbons (Fsp3) is 0.0909. The molecule has 2 aromatic rings. The van der Waals surface area contributed by atoms with Crippen LogP contribution in [0.5, 0.6) is 0 Å². The molecule has 0 aliphatic rings. The van der Waals surface area contributed by atoms with Crippen molar-refractivity contribution in [3.8, 4) is 0 Å². The van der Waals surface area contributed by atoms with Crippen LogP contribution >= 0.6 is 11.6 Å². The van der Waals surface area contributed by atoms with E-state index >= 15 is 0 Å². The number of carboxylic acid groups (broad SMARTS) is 2. The van der Waals surface area contributed by atoms with Gasteiger partial charge in [0.1, 0.15) is 5.82 Å². The van der Waals surface area contributed by atoms with Crippen molar-refractivity contribution in [2.24, 2.45) is 5.73 Å². The number of fused-ring (bicyclic) bond motifs is 1. The standard InChI is InChI=1S/C10H8ClFN2O.CH2O3.Na/c1-4-8(11)6-2-5(12)3-7(10(13)15)9(6)14-4;2-1(3)4;/h2-3,14H,1H3,(H2,13,15);(H2,2,3,4);/q;;+1/p-1. The van der Waals surface area contributed by atoms with E-state index in [1.54, 1.807) is 6.92 Å². The number of nitrogens with one attached hydrogen (secondary N) is 1. The van der Waals surface area contributed by atoms with Crippen LogP contribution in [0.4, 0.5) is 9.18 Å². The maximum absolute atomic E-state index is 13.2. The summed E-state index contributed by atoms with van der Waals surface area (Å²) in [6, 6.07) is 2.37. The van der Waals surface area contributed by atoms with Gasteiger partial charge in [0, 0.05) is 11.1 Å². The van der Waals surface area contributed by atoms with Gasteiger partial charge in [0.25, 0.3) is 5.91 Å².